The van der Waals surface area contributed by atoms with Gasteiger partial charge >= 0.3 is 0 Å². The van der Waals surface area contributed by atoms with E-state index in [1.54, 1.807) is 6.07 Å². The van der Waals surface area contributed by atoms with E-state index in [9.17, 15) is 9.50 Å². The van der Waals surface area contributed by atoms with Gasteiger partial charge in [-0.25, -0.2) is 4.39 Å². The second-order valence-corrected chi connectivity index (χ2v) is 5.27. The van der Waals surface area contributed by atoms with Crippen molar-refractivity contribution in [2.24, 2.45) is 0 Å². The second kappa shape index (κ2) is 7.82. The fourth-order valence-corrected chi connectivity index (χ4v) is 2.57. The van der Waals surface area contributed by atoms with Crippen molar-refractivity contribution >= 4 is 22.6 Å². The average molecular weight is 348 g/mol. The summed E-state index contributed by atoms with van der Waals surface area (Å²) in [7, 11) is 0. The molecule has 1 aromatic carbocycles. The summed E-state index contributed by atoms with van der Waals surface area (Å²) < 4.78 is 13.7. The van der Waals surface area contributed by atoms with E-state index in [0.29, 0.717) is 0 Å². The number of rotatable bonds is 7. The van der Waals surface area contributed by atoms with E-state index in [2.05, 4.69) is 29.2 Å². The van der Waals surface area contributed by atoms with E-state index in [1.807, 2.05) is 6.08 Å². The Balaban J connectivity index is 2.41. The van der Waals surface area contributed by atoms with Crippen molar-refractivity contribution in [2.45, 2.75) is 38.2 Å². The summed E-state index contributed by atoms with van der Waals surface area (Å²) in [5, 5.41) is 10.0. The molecule has 1 rings (SSSR count). The standard InChI is InChI=1S/C14H18FIO/c1-2-3-4-5-6-7-14(17)12-9-8-11(15)10-13(12)16/h2,8-10,14,17H,1,3-7H2. The first kappa shape index (κ1) is 14.6. The third-order valence-corrected chi connectivity index (χ3v) is 3.64. The normalized spacial score (nSPS) is 12.4. The lowest BCUT2D eigenvalue weighted by molar-refractivity contribution is 0.162. The van der Waals surface area contributed by atoms with Crippen LogP contribution in [-0.4, -0.2) is 5.11 Å². The summed E-state index contributed by atoms with van der Waals surface area (Å²) in [4.78, 5) is 0. The lowest BCUT2D eigenvalue weighted by atomic mass is 10.0. The lowest BCUT2D eigenvalue weighted by Gasteiger charge is -2.12. The number of benzene rings is 1. The molecule has 0 spiro atoms. The van der Waals surface area contributed by atoms with Crippen LogP contribution in [-0.2, 0) is 0 Å². The van der Waals surface area contributed by atoms with Crippen molar-refractivity contribution in [1.29, 1.82) is 0 Å². The molecule has 94 valence electrons. The molecule has 0 aliphatic carbocycles. The molecule has 3 heteroatoms. The lowest BCUT2D eigenvalue weighted by Crippen LogP contribution is -2.00. The Labute approximate surface area is 116 Å². The van der Waals surface area contributed by atoms with Crippen molar-refractivity contribution < 1.29 is 9.50 Å². The molecular weight excluding hydrogens is 330 g/mol. The van der Waals surface area contributed by atoms with Gasteiger partial charge in [-0.1, -0.05) is 25.0 Å². The summed E-state index contributed by atoms with van der Waals surface area (Å²) in [6, 6.07) is 4.53. The first-order chi connectivity index (χ1) is 8.15. The molecule has 1 atom stereocenters. The van der Waals surface area contributed by atoms with Crippen LogP contribution in [0.2, 0.25) is 0 Å². The Kier molecular flexibility index (Phi) is 6.73. The van der Waals surface area contributed by atoms with Crippen LogP contribution in [0.4, 0.5) is 4.39 Å². The Morgan fingerprint density at radius 1 is 1.35 bits per heavy atom. The maximum atomic E-state index is 12.9. The fraction of sp³-hybridized carbons (Fsp3) is 0.429. The Bertz CT molecular complexity index is 365. The van der Waals surface area contributed by atoms with Gasteiger partial charge in [-0.3, -0.25) is 0 Å². The van der Waals surface area contributed by atoms with Crippen LogP contribution < -0.4 is 0 Å². The van der Waals surface area contributed by atoms with Gasteiger partial charge in [0.05, 0.1) is 6.10 Å². The zero-order chi connectivity index (χ0) is 12.7. The highest BCUT2D eigenvalue weighted by molar-refractivity contribution is 14.1. The van der Waals surface area contributed by atoms with Crippen LogP contribution in [0.1, 0.15) is 43.8 Å². The molecule has 0 radical (unpaired) electrons. The van der Waals surface area contributed by atoms with E-state index in [0.717, 1.165) is 41.2 Å². The Morgan fingerprint density at radius 2 is 2.12 bits per heavy atom. The molecule has 0 heterocycles. The summed E-state index contributed by atoms with van der Waals surface area (Å²) in [5.74, 6) is -0.253. The molecule has 0 saturated carbocycles. The largest absolute Gasteiger partial charge is 0.388 e. The highest BCUT2D eigenvalue weighted by atomic mass is 127. The molecule has 0 saturated heterocycles. The van der Waals surface area contributed by atoms with Crippen LogP contribution in [0.5, 0.6) is 0 Å². The Morgan fingerprint density at radius 3 is 2.76 bits per heavy atom. The summed E-state index contributed by atoms with van der Waals surface area (Å²) in [6.45, 7) is 3.67. The summed E-state index contributed by atoms with van der Waals surface area (Å²) in [6.07, 6.45) is 6.41. The molecule has 0 aliphatic rings. The molecule has 1 unspecified atom stereocenters. The molecule has 0 bridgehead atoms. The molecule has 0 amide bonds. The van der Waals surface area contributed by atoms with Gasteiger partial charge in [0.1, 0.15) is 5.82 Å². The van der Waals surface area contributed by atoms with Crippen LogP contribution in [0, 0.1) is 9.39 Å². The molecule has 1 N–H and O–H groups in total. The van der Waals surface area contributed by atoms with Gasteiger partial charge in [0.2, 0.25) is 0 Å². The molecule has 0 fully saturated rings. The second-order valence-electron chi connectivity index (χ2n) is 4.11. The van der Waals surface area contributed by atoms with Gasteiger partial charge in [0, 0.05) is 3.57 Å². The molecule has 17 heavy (non-hydrogen) atoms. The third kappa shape index (κ3) is 5.17. The molecular formula is C14H18FIO. The van der Waals surface area contributed by atoms with Crippen molar-refractivity contribution in [3.63, 3.8) is 0 Å². The van der Waals surface area contributed by atoms with Crippen molar-refractivity contribution in [3.05, 3.63) is 45.8 Å². The van der Waals surface area contributed by atoms with Crippen molar-refractivity contribution in [1.82, 2.24) is 0 Å². The first-order valence-electron chi connectivity index (χ1n) is 5.89. The van der Waals surface area contributed by atoms with Crippen molar-refractivity contribution in [2.75, 3.05) is 0 Å². The molecule has 1 aromatic rings. The minimum atomic E-state index is -0.480. The number of hydrogen-bond donors (Lipinski definition) is 1. The van der Waals surface area contributed by atoms with Gasteiger partial charge in [-0.05, 0) is 59.5 Å². The van der Waals surface area contributed by atoms with Gasteiger partial charge in [-0.15, -0.1) is 6.58 Å². The minimum absolute atomic E-state index is 0.253. The molecule has 1 nitrogen and oxygen atoms in total. The van der Waals surface area contributed by atoms with E-state index in [-0.39, 0.29) is 5.82 Å². The van der Waals surface area contributed by atoms with Crippen LogP contribution in [0.25, 0.3) is 0 Å². The smallest absolute Gasteiger partial charge is 0.124 e. The zero-order valence-corrected chi connectivity index (χ0v) is 12.0. The number of halogens is 2. The van der Waals surface area contributed by atoms with Gasteiger partial charge < -0.3 is 5.11 Å². The number of unbranched alkanes of at least 4 members (excludes halogenated alkanes) is 3. The van der Waals surface area contributed by atoms with Gasteiger partial charge in [-0.2, -0.15) is 0 Å². The van der Waals surface area contributed by atoms with E-state index in [4.69, 9.17) is 0 Å². The van der Waals surface area contributed by atoms with Crippen molar-refractivity contribution in [3.8, 4) is 0 Å². The van der Waals surface area contributed by atoms with Crippen LogP contribution in [0.15, 0.2) is 30.9 Å². The number of aliphatic hydroxyl groups excluding tert-OH is 1. The van der Waals surface area contributed by atoms with E-state index in [1.165, 1.54) is 12.1 Å². The SMILES string of the molecule is C=CCCCCCC(O)c1ccc(F)cc1I. The maximum absolute atomic E-state index is 12.9. The number of hydrogen-bond acceptors (Lipinski definition) is 1. The quantitative estimate of drug-likeness (QED) is 0.434. The fourth-order valence-electron chi connectivity index (χ4n) is 1.73. The van der Waals surface area contributed by atoms with Crippen LogP contribution in [0.3, 0.4) is 0 Å². The molecule has 0 aromatic heterocycles. The monoisotopic (exact) mass is 348 g/mol. The maximum Gasteiger partial charge on any atom is 0.124 e. The number of aliphatic hydroxyl groups is 1. The topological polar surface area (TPSA) is 20.2 Å². The van der Waals surface area contributed by atoms with Crippen LogP contribution >= 0.6 is 22.6 Å². The number of allylic oxidation sites excluding steroid dienone is 1. The highest BCUT2D eigenvalue weighted by Gasteiger charge is 2.11. The van der Waals surface area contributed by atoms with Gasteiger partial charge in [0.25, 0.3) is 0 Å². The van der Waals surface area contributed by atoms with E-state index >= 15 is 0 Å². The van der Waals surface area contributed by atoms with E-state index < -0.39 is 6.10 Å². The molecule has 0 aliphatic heterocycles. The third-order valence-electron chi connectivity index (χ3n) is 2.71. The predicted molar refractivity (Wildman–Crippen MR) is 77.4 cm³/mol. The summed E-state index contributed by atoms with van der Waals surface area (Å²) >= 11 is 2.06. The van der Waals surface area contributed by atoms with Gasteiger partial charge in [0.15, 0.2) is 0 Å². The zero-order valence-electron chi connectivity index (χ0n) is 9.83. The average Bonchev–Trinajstić information content (AvgIpc) is 2.28. The minimum Gasteiger partial charge on any atom is -0.388 e. The summed E-state index contributed by atoms with van der Waals surface area (Å²) in [5.41, 5.74) is 0.829. The predicted octanol–water partition coefficient (Wildman–Crippen LogP) is 4.60. The first-order valence-corrected chi connectivity index (χ1v) is 6.97. The Hall–Kier alpha value is -0.420. The highest BCUT2D eigenvalue weighted by Crippen LogP contribution is 2.25.